The Morgan fingerprint density at radius 1 is 1.13 bits per heavy atom. The van der Waals surface area contributed by atoms with Crippen LogP contribution >= 0.6 is 23.2 Å². The molecule has 0 bridgehead atoms. The van der Waals surface area contributed by atoms with Crippen molar-refractivity contribution in [3.05, 3.63) is 51.5 Å². The monoisotopic (exact) mass is 453 g/mol. The Kier molecular flexibility index (Phi) is 8.76. The van der Waals surface area contributed by atoms with Crippen molar-refractivity contribution < 1.29 is 28.9 Å². The minimum Gasteiger partial charge on any atom is -0.545 e. The number of hydrogen-bond donors (Lipinski definition) is 1. The number of hydrogen-bond acceptors (Lipinski definition) is 7. The molecular formula is C20H19Cl2N2O6-. The van der Waals surface area contributed by atoms with Crippen LogP contribution in [0.2, 0.25) is 10.0 Å². The summed E-state index contributed by atoms with van der Waals surface area (Å²) in [4.78, 5) is 23.4. The number of amides is 1. The predicted molar refractivity (Wildman–Crippen MR) is 111 cm³/mol. The highest BCUT2D eigenvalue weighted by atomic mass is 35.5. The summed E-state index contributed by atoms with van der Waals surface area (Å²) in [5.41, 5.74) is 2.28. The van der Waals surface area contributed by atoms with Crippen molar-refractivity contribution in [1.82, 2.24) is 5.43 Å². The number of hydrazone groups is 1. The number of rotatable bonds is 10. The van der Waals surface area contributed by atoms with Gasteiger partial charge in [-0.2, -0.15) is 5.10 Å². The van der Waals surface area contributed by atoms with Crippen molar-refractivity contribution in [1.29, 1.82) is 0 Å². The zero-order valence-corrected chi connectivity index (χ0v) is 17.7. The number of halogens is 2. The molecule has 2 aromatic rings. The summed E-state index contributed by atoms with van der Waals surface area (Å²) in [5.74, 6) is -1.11. The lowest BCUT2D eigenvalue weighted by atomic mass is 10.1. The lowest BCUT2D eigenvalue weighted by Crippen LogP contribution is -2.25. The summed E-state index contributed by atoms with van der Waals surface area (Å²) < 4.78 is 15.7. The number of carbonyl (C=O) groups is 2. The molecule has 2 rings (SSSR count). The fourth-order valence-electron chi connectivity index (χ4n) is 2.50. The molecule has 0 radical (unpaired) electrons. The number of methoxy groups -OCH3 is 2. The lowest BCUT2D eigenvalue weighted by molar-refractivity contribution is -0.255. The van der Waals surface area contributed by atoms with Crippen molar-refractivity contribution in [2.24, 2.45) is 5.10 Å². The van der Waals surface area contributed by atoms with E-state index in [4.69, 9.17) is 37.4 Å². The molecule has 0 atom stereocenters. The molecule has 0 saturated heterocycles. The highest BCUT2D eigenvalue weighted by Gasteiger charge is 2.15. The van der Waals surface area contributed by atoms with Crippen molar-refractivity contribution in [2.75, 3.05) is 20.8 Å². The van der Waals surface area contributed by atoms with E-state index in [1.807, 2.05) is 0 Å². The maximum atomic E-state index is 11.9. The Morgan fingerprint density at radius 3 is 2.50 bits per heavy atom. The summed E-state index contributed by atoms with van der Waals surface area (Å²) in [6, 6.07) is 7.85. The van der Waals surface area contributed by atoms with Crippen LogP contribution in [0.1, 0.15) is 28.8 Å². The van der Waals surface area contributed by atoms with Crippen LogP contribution in [0, 0.1) is 0 Å². The first-order chi connectivity index (χ1) is 14.4. The molecule has 30 heavy (non-hydrogen) atoms. The second kappa shape index (κ2) is 11.3. The summed E-state index contributed by atoms with van der Waals surface area (Å²) in [6.07, 6.45) is 1.75. The number of carbonyl (C=O) groups excluding carboxylic acids is 2. The van der Waals surface area contributed by atoms with Gasteiger partial charge in [-0.25, -0.2) is 5.43 Å². The quantitative estimate of drug-likeness (QED) is 0.336. The van der Waals surface area contributed by atoms with E-state index >= 15 is 0 Å². The molecule has 0 unspecified atom stereocenters. The molecule has 1 amide bonds. The molecule has 1 N–H and O–H groups in total. The van der Waals surface area contributed by atoms with Crippen LogP contribution in [0.25, 0.3) is 0 Å². The molecule has 0 aromatic heterocycles. The maximum absolute atomic E-state index is 11.9. The molecule has 0 heterocycles. The zero-order chi connectivity index (χ0) is 22.1. The van der Waals surface area contributed by atoms with Gasteiger partial charge in [0.1, 0.15) is 5.75 Å². The second-order valence-corrected chi connectivity index (χ2v) is 6.72. The van der Waals surface area contributed by atoms with Crippen molar-refractivity contribution in [3.8, 4) is 17.2 Å². The summed E-state index contributed by atoms with van der Waals surface area (Å²) >= 11 is 11.8. The van der Waals surface area contributed by atoms with Crippen LogP contribution < -0.4 is 24.7 Å². The Bertz CT molecular complexity index is 949. The third-order valence-electron chi connectivity index (χ3n) is 3.87. The van der Waals surface area contributed by atoms with Gasteiger partial charge < -0.3 is 24.1 Å². The van der Waals surface area contributed by atoms with E-state index in [9.17, 15) is 14.7 Å². The van der Waals surface area contributed by atoms with Crippen LogP contribution in [0.15, 0.2) is 35.4 Å². The topological polar surface area (TPSA) is 109 Å². The SMILES string of the molecule is COc1ccc(/C=N\NC(=O)CCCOc2ccc(Cl)cc2Cl)c(C(=O)[O-])c1OC. The molecule has 0 saturated carbocycles. The van der Waals surface area contributed by atoms with Crippen molar-refractivity contribution in [3.63, 3.8) is 0 Å². The maximum Gasteiger partial charge on any atom is 0.240 e. The molecule has 160 valence electrons. The van der Waals surface area contributed by atoms with E-state index in [1.54, 1.807) is 18.2 Å². The Hall–Kier alpha value is -2.97. The smallest absolute Gasteiger partial charge is 0.240 e. The third kappa shape index (κ3) is 6.27. The van der Waals surface area contributed by atoms with E-state index in [-0.39, 0.29) is 41.6 Å². The standard InChI is InChI=1S/C20H20Cl2N2O6/c1-28-16-7-5-12(18(20(26)27)19(16)29-2)11-23-24-17(25)4-3-9-30-15-8-6-13(21)10-14(15)22/h5-8,10-11H,3-4,9H2,1-2H3,(H,24,25)(H,26,27)/p-1/b23-11-. The average molecular weight is 454 g/mol. The molecular weight excluding hydrogens is 435 g/mol. The largest absolute Gasteiger partial charge is 0.545 e. The van der Waals surface area contributed by atoms with Gasteiger partial charge in [-0.3, -0.25) is 4.79 Å². The van der Waals surface area contributed by atoms with Gasteiger partial charge in [0.05, 0.1) is 43.6 Å². The first-order valence-electron chi connectivity index (χ1n) is 8.73. The molecule has 10 heteroatoms. The number of aromatic carboxylic acids is 1. The van der Waals surface area contributed by atoms with Crippen LogP contribution in [-0.4, -0.2) is 38.9 Å². The van der Waals surface area contributed by atoms with Crippen molar-refractivity contribution in [2.45, 2.75) is 12.8 Å². The highest BCUT2D eigenvalue weighted by Crippen LogP contribution is 2.32. The van der Waals surface area contributed by atoms with Gasteiger partial charge in [0, 0.05) is 17.0 Å². The number of ether oxygens (including phenoxy) is 3. The van der Waals surface area contributed by atoms with Crippen LogP contribution in [0.5, 0.6) is 17.2 Å². The van der Waals surface area contributed by atoms with E-state index < -0.39 is 5.97 Å². The van der Waals surface area contributed by atoms with E-state index in [0.717, 1.165) is 0 Å². The molecule has 8 nitrogen and oxygen atoms in total. The third-order valence-corrected chi connectivity index (χ3v) is 4.40. The number of carboxylic acid groups (broad SMARTS) is 1. The average Bonchev–Trinajstić information content (AvgIpc) is 2.71. The van der Waals surface area contributed by atoms with E-state index in [0.29, 0.717) is 22.2 Å². The Morgan fingerprint density at radius 2 is 1.87 bits per heavy atom. The van der Waals surface area contributed by atoms with Crippen LogP contribution in [-0.2, 0) is 4.79 Å². The van der Waals surface area contributed by atoms with Crippen molar-refractivity contribution >= 4 is 41.3 Å². The molecule has 0 aliphatic carbocycles. The van der Waals surface area contributed by atoms with Gasteiger partial charge in [0.15, 0.2) is 11.5 Å². The van der Waals surface area contributed by atoms with E-state index in [1.165, 1.54) is 32.6 Å². The first kappa shape index (κ1) is 23.3. The van der Waals surface area contributed by atoms with Gasteiger partial charge in [0.25, 0.3) is 0 Å². The predicted octanol–water partition coefficient (Wildman–Crippen LogP) is 2.68. The minimum absolute atomic E-state index is 0.00536. The van der Waals surface area contributed by atoms with Gasteiger partial charge >= 0.3 is 0 Å². The number of nitrogens with one attached hydrogen (secondary N) is 1. The number of benzene rings is 2. The highest BCUT2D eigenvalue weighted by molar-refractivity contribution is 6.35. The molecule has 0 aliphatic heterocycles. The molecule has 0 aliphatic rings. The van der Waals surface area contributed by atoms with Crippen LogP contribution in [0.4, 0.5) is 0 Å². The van der Waals surface area contributed by atoms with Gasteiger partial charge in [-0.15, -0.1) is 0 Å². The lowest BCUT2D eigenvalue weighted by Gasteiger charge is -2.15. The summed E-state index contributed by atoms with van der Waals surface area (Å²) in [7, 11) is 2.70. The molecule has 2 aromatic carbocycles. The fraction of sp³-hybridized carbons (Fsp3) is 0.250. The Labute approximate surface area is 183 Å². The number of nitrogens with zero attached hydrogens (tertiary/aromatic N) is 1. The second-order valence-electron chi connectivity index (χ2n) is 5.87. The van der Waals surface area contributed by atoms with Gasteiger partial charge in [-0.05, 0) is 36.8 Å². The minimum atomic E-state index is -1.46. The summed E-state index contributed by atoms with van der Waals surface area (Å²) in [6.45, 7) is 0.267. The zero-order valence-electron chi connectivity index (χ0n) is 16.2. The summed E-state index contributed by atoms with van der Waals surface area (Å²) in [5, 5.41) is 16.1. The Balaban J connectivity index is 1.89. The van der Waals surface area contributed by atoms with E-state index in [2.05, 4.69) is 10.5 Å². The first-order valence-corrected chi connectivity index (χ1v) is 9.49. The molecule has 0 spiro atoms. The van der Waals surface area contributed by atoms with Crippen LogP contribution in [0.3, 0.4) is 0 Å². The van der Waals surface area contributed by atoms with Gasteiger partial charge in [0.2, 0.25) is 5.91 Å². The molecule has 0 fully saturated rings. The number of carboxylic acids is 1. The fourth-order valence-corrected chi connectivity index (χ4v) is 2.96. The van der Waals surface area contributed by atoms with Gasteiger partial charge in [-0.1, -0.05) is 23.2 Å². The normalized spacial score (nSPS) is 10.7.